The summed E-state index contributed by atoms with van der Waals surface area (Å²) in [6.07, 6.45) is 0. The fourth-order valence-electron chi connectivity index (χ4n) is 2.69. The standard InChI is InChI=1S/C17H19N2O8P/c1-10-6-12(3)16(14(8-10)18(20)21)26-28(24,25-5)27-17-13(4)7-11(2)9-15(17)19(22)23/h6-9H,1-5H3. The van der Waals surface area contributed by atoms with Gasteiger partial charge < -0.3 is 9.05 Å². The van der Waals surface area contributed by atoms with Crippen LogP contribution in [0.5, 0.6) is 11.5 Å². The van der Waals surface area contributed by atoms with Crippen molar-refractivity contribution in [2.24, 2.45) is 0 Å². The Morgan fingerprint density at radius 2 is 1.14 bits per heavy atom. The Hall–Kier alpha value is -2.97. The minimum atomic E-state index is -4.47. The lowest BCUT2D eigenvalue weighted by Gasteiger charge is -2.19. The third-order valence-corrected chi connectivity index (χ3v) is 5.08. The van der Waals surface area contributed by atoms with Gasteiger partial charge in [-0.05, 0) is 49.9 Å². The molecule has 2 aromatic carbocycles. The van der Waals surface area contributed by atoms with Crippen LogP contribution in [0.2, 0.25) is 0 Å². The van der Waals surface area contributed by atoms with Crippen molar-refractivity contribution < 1.29 is 28.0 Å². The highest BCUT2D eigenvalue weighted by Gasteiger charge is 2.36. The minimum Gasteiger partial charge on any atom is -0.387 e. The van der Waals surface area contributed by atoms with Crippen molar-refractivity contribution in [3.8, 4) is 11.5 Å². The fraction of sp³-hybridized carbons (Fsp3) is 0.294. The summed E-state index contributed by atoms with van der Waals surface area (Å²) in [4.78, 5) is 21.3. The van der Waals surface area contributed by atoms with Crippen LogP contribution in [0.25, 0.3) is 0 Å². The van der Waals surface area contributed by atoms with Gasteiger partial charge in [0.1, 0.15) is 0 Å². The zero-order valence-electron chi connectivity index (χ0n) is 15.9. The second-order valence-electron chi connectivity index (χ2n) is 6.19. The van der Waals surface area contributed by atoms with Gasteiger partial charge in [-0.15, -0.1) is 0 Å². The lowest BCUT2D eigenvalue weighted by molar-refractivity contribution is -0.385. The van der Waals surface area contributed by atoms with Crippen LogP contribution in [0, 0.1) is 47.9 Å². The van der Waals surface area contributed by atoms with E-state index in [-0.39, 0.29) is 11.5 Å². The second kappa shape index (κ2) is 7.95. The molecule has 28 heavy (non-hydrogen) atoms. The first-order chi connectivity index (χ1) is 13.0. The predicted octanol–water partition coefficient (Wildman–Crippen LogP) is 4.95. The van der Waals surface area contributed by atoms with Crippen molar-refractivity contribution in [2.75, 3.05) is 7.11 Å². The van der Waals surface area contributed by atoms with E-state index < -0.39 is 29.0 Å². The minimum absolute atomic E-state index is 0.298. The number of phosphoric ester groups is 1. The Morgan fingerprint density at radius 1 is 0.786 bits per heavy atom. The maximum Gasteiger partial charge on any atom is 0.587 e. The van der Waals surface area contributed by atoms with Gasteiger partial charge in [-0.1, -0.05) is 12.1 Å². The summed E-state index contributed by atoms with van der Waals surface area (Å²) in [6.45, 7) is 6.40. The van der Waals surface area contributed by atoms with Gasteiger partial charge >= 0.3 is 19.2 Å². The number of phosphoric acid groups is 1. The summed E-state index contributed by atoms with van der Waals surface area (Å²) in [7, 11) is -3.45. The van der Waals surface area contributed by atoms with Gasteiger partial charge in [-0.25, -0.2) is 4.57 Å². The van der Waals surface area contributed by atoms with E-state index in [1.165, 1.54) is 26.0 Å². The molecule has 11 heteroatoms. The van der Waals surface area contributed by atoms with E-state index >= 15 is 0 Å². The largest absolute Gasteiger partial charge is 0.587 e. The number of benzene rings is 2. The second-order valence-corrected chi connectivity index (χ2v) is 7.81. The zero-order chi connectivity index (χ0) is 21.2. The highest BCUT2D eigenvalue weighted by Crippen LogP contribution is 2.54. The average molecular weight is 410 g/mol. The van der Waals surface area contributed by atoms with E-state index in [4.69, 9.17) is 13.6 Å². The molecule has 150 valence electrons. The van der Waals surface area contributed by atoms with Gasteiger partial charge in [-0.2, -0.15) is 0 Å². The van der Waals surface area contributed by atoms with Crippen molar-refractivity contribution in [1.29, 1.82) is 0 Å². The number of nitrogens with zero attached hydrogens (tertiary/aromatic N) is 2. The van der Waals surface area contributed by atoms with Gasteiger partial charge in [0.15, 0.2) is 0 Å². The van der Waals surface area contributed by atoms with Gasteiger partial charge in [0.25, 0.3) is 0 Å². The maximum atomic E-state index is 13.0. The highest BCUT2D eigenvalue weighted by molar-refractivity contribution is 7.49. The quantitative estimate of drug-likeness (QED) is 0.356. The third-order valence-electron chi connectivity index (χ3n) is 3.82. The predicted molar refractivity (Wildman–Crippen MR) is 101 cm³/mol. The monoisotopic (exact) mass is 410 g/mol. The molecule has 0 atom stereocenters. The number of hydrogen-bond acceptors (Lipinski definition) is 8. The van der Waals surface area contributed by atoms with Crippen LogP contribution < -0.4 is 9.05 Å². The number of rotatable bonds is 7. The van der Waals surface area contributed by atoms with Gasteiger partial charge in [0, 0.05) is 19.2 Å². The number of aryl methyl sites for hydroxylation is 4. The van der Waals surface area contributed by atoms with Crippen molar-refractivity contribution in [3.05, 3.63) is 66.7 Å². The van der Waals surface area contributed by atoms with Crippen LogP contribution in [0.3, 0.4) is 0 Å². The molecule has 0 radical (unpaired) electrons. The molecule has 10 nitrogen and oxygen atoms in total. The van der Waals surface area contributed by atoms with E-state index in [0.29, 0.717) is 22.3 Å². The molecule has 0 spiro atoms. The lowest BCUT2D eigenvalue weighted by Crippen LogP contribution is -2.08. The van der Waals surface area contributed by atoms with E-state index in [0.717, 1.165) is 7.11 Å². The van der Waals surface area contributed by atoms with E-state index in [2.05, 4.69) is 0 Å². The zero-order valence-corrected chi connectivity index (χ0v) is 16.8. The molecular formula is C17H19N2O8P. The molecule has 0 unspecified atom stereocenters. The average Bonchev–Trinajstić information content (AvgIpc) is 2.59. The Balaban J connectivity index is 2.54. The molecule has 0 N–H and O–H groups in total. The molecule has 0 aliphatic rings. The topological polar surface area (TPSA) is 131 Å². The van der Waals surface area contributed by atoms with Crippen molar-refractivity contribution in [2.45, 2.75) is 27.7 Å². The number of nitro benzene ring substituents is 2. The molecule has 0 saturated heterocycles. The van der Waals surface area contributed by atoms with Crippen LogP contribution in [0.1, 0.15) is 22.3 Å². The molecule has 2 rings (SSSR count). The molecule has 0 heterocycles. The molecule has 0 saturated carbocycles. The van der Waals surface area contributed by atoms with Gasteiger partial charge in [0.05, 0.1) is 9.85 Å². The molecule has 2 aromatic rings. The summed E-state index contributed by atoms with van der Waals surface area (Å²) in [5.74, 6) is -0.596. The van der Waals surface area contributed by atoms with Crippen LogP contribution in [-0.2, 0) is 9.09 Å². The van der Waals surface area contributed by atoms with Crippen LogP contribution in [0.4, 0.5) is 11.4 Å². The molecular weight excluding hydrogens is 391 g/mol. The van der Waals surface area contributed by atoms with Crippen LogP contribution in [0.15, 0.2) is 24.3 Å². The van der Waals surface area contributed by atoms with Gasteiger partial charge in [-0.3, -0.25) is 24.8 Å². The normalized spacial score (nSPS) is 11.2. The molecule has 0 aliphatic carbocycles. The van der Waals surface area contributed by atoms with Crippen LogP contribution >= 0.6 is 7.82 Å². The Bertz CT molecular complexity index is 930. The first-order valence-electron chi connectivity index (χ1n) is 8.03. The fourth-order valence-corrected chi connectivity index (χ4v) is 3.80. The van der Waals surface area contributed by atoms with E-state index in [1.807, 2.05) is 0 Å². The summed E-state index contributed by atoms with van der Waals surface area (Å²) in [5, 5.41) is 22.7. The van der Waals surface area contributed by atoms with Crippen LogP contribution in [-0.4, -0.2) is 17.0 Å². The molecule has 0 bridgehead atoms. The Kier molecular flexibility index (Phi) is 6.06. The molecule has 0 amide bonds. The van der Waals surface area contributed by atoms with Crippen molar-refractivity contribution in [1.82, 2.24) is 0 Å². The summed E-state index contributed by atoms with van der Waals surface area (Å²) in [6, 6.07) is 5.70. The number of nitro groups is 2. The van der Waals surface area contributed by atoms with E-state index in [1.54, 1.807) is 26.0 Å². The Morgan fingerprint density at radius 3 is 1.43 bits per heavy atom. The maximum absolute atomic E-state index is 13.0. The first kappa shape index (κ1) is 21.3. The highest BCUT2D eigenvalue weighted by atomic mass is 31.2. The first-order valence-corrected chi connectivity index (χ1v) is 9.49. The van der Waals surface area contributed by atoms with E-state index in [9.17, 15) is 24.8 Å². The molecule has 0 aliphatic heterocycles. The van der Waals surface area contributed by atoms with Gasteiger partial charge in [0.2, 0.25) is 11.5 Å². The smallest absolute Gasteiger partial charge is 0.387 e. The summed E-state index contributed by atoms with van der Waals surface area (Å²) in [5.41, 5.74) is 1.04. The Labute approximate surface area is 161 Å². The number of hydrogen-bond donors (Lipinski definition) is 0. The summed E-state index contributed by atoms with van der Waals surface area (Å²) >= 11 is 0. The lowest BCUT2D eigenvalue weighted by atomic mass is 10.1. The summed E-state index contributed by atoms with van der Waals surface area (Å²) < 4.78 is 28.5. The molecule has 0 fully saturated rings. The van der Waals surface area contributed by atoms with Crippen molar-refractivity contribution in [3.63, 3.8) is 0 Å². The molecule has 0 aromatic heterocycles. The van der Waals surface area contributed by atoms with Crippen molar-refractivity contribution >= 4 is 19.2 Å². The SMILES string of the molecule is COP(=O)(Oc1c(C)cc(C)cc1[N+](=O)[O-])Oc1c(C)cc(C)cc1[N+](=O)[O-]. The third kappa shape index (κ3) is 4.47.